The predicted octanol–water partition coefficient (Wildman–Crippen LogP) is 2.91. The molecule has 1 N–H and O–H groups in total. The molecule has 4 heteroatoms. The van der Waals surface area contributed by atoms with Crippen molar-refractivity contribution in [3.8, 4) is 5.75 Å². The zero-order chi connectivity index (χ0) is 8.55. The minimum Gasteiger partial charge on any atom is -0.488 e. The van der Waals surface area contributed by atoms with Gasteiger partial charge in [-0.2, -0.15) is 0 Å². The summed E-state index contributed by atoms with van der Waals surface area (Å²) in [7, 11) is 0. The van der Waals surface area contributed by atoms with Crippen LogP contribution in [0.15, 0.2) is 16.6 Å². The summed E-state index contributed by atoms with van der Waals surface area (Å²) in [5, 5.41) is 3.85. The van der Waals surface area contributed by atoms with E-state index in [1.807, 2.05) is 12.1 Å². The van der Waals surface area contributed by atoms with E-state index in [-0.39, 0.29) is 0 Å². The zero-order valence-electron chi connectivity index (χ0n) is 6.23. The normalized spacial score (nSPS) is 14.5. The summed E-state index contributed by atoms with van der Waals surface area (Å²) in [6.45, 7) is 1.51. The minimum absolute atomic E-state index is 0.645. The quantitative estimate of drug-likeness (QED) is 0.762. The van der Waals surface area contributed by atoms with Crippen molar-refractivity contribution in [2.24, 2.45) is 0 Å². The first-order valence-electron chi connectivity index (χ1n) is 3.63. The maximum Gasteiger partial charge on any atom is 0.161 e. The molecule has 0 unspecified atom stereocenters. The van der Waals surface area contributed by atoms with Gasteiger partial charge in [-0.15, -0.1) is 0 Å². The monoisotopic (exact) mass is 247 g/mol. The molecular formula is C8H7BrClNO. The standard InChI is InChI=1S/C8H7BrClNO/c9-5-3-6(10)8-7(4-5)11-1-2-12-8/h3-4,11H,1-2H2. The van der Waals surface area contributed by atoms with Gasteiger partial charge in [-0.1, -0.05) is 27.5 Å². The molecule has 0 amide bonds. The lowest BCUT2D eigenvalue weighted by molar-refractivity contribution is 0.323. The van der Waals surface area contributed by atoms with E-state index in [0.717, 1.165) is 22.5 Å². The Bertz CT molecular complexity index is 316. The Labute approximate surface area is 84.0 Å². The van der Waals surface area contributed by atoms with Crippen LogP contribution < -0.4 is 10.1 Å². The Balaban J connectivity index is 2.53. The molecule has 0 saturated carbocycles. The van der Waals surface area contributed by atoms with Gasteiger partial charge in [0.15, 0.2) is 5.75 Å². The van der Waals surface area contributed by atoms with Crippen molar-refractivity contribution in [2.75, 3.05) is 18.5 Å². The van der Waals surface area contributed by atoms with Crippen LogP contribution in [0.25, 0.3) is 0 Å². The summed E-state index contributed by atoms with van der Waals surface area (Å²) in [5.74, 6) is 0.756. The van der Waals surface area contributed by atoms with E-state index in [1.54, 1.807) is 0 Å². The Morgan fingerprint density at radius 3 is 3.17 bits per heavy atom. The molecule has 0 atom stereocenters. The highest BCUT2D eigenvalue weighted by Crippen LogP contribution is 2.37. The average Bonchev–Trinajstić information content (AvgIpc) is 2.04. The number of rotatable bonds is 0. The first-order valence-corrected chi connectivity index (χ1v) is 4.80. The summed E-state index contributed by atoms with van der Waals surface area (Å²) in [4.78, 5) is 0. The van der Waals surface area contributed by atoms with Crippen molar-refractivity contribution < 1.29 is 4.74 Å². The second kappa shape index (κ2) is 3.15. The van der Waals surface area contributed by atoms with E-state index in [9.17, 15) is 0 Å². The van der Waals surface area contributed by atoms with Gasteiger partial charge < -0.3 is 10.1 Å². The third-order valence-corrected chi connectivity index (χ3v) is 2.41. The fourth-order valence-electron chi connectivity index (χ4n) is 1.18. The zero-order valence-corrected chi connectivity index (χ0v) is 8.58. The van der Waals surface area contributed by atoms with Gasteiger partial charge in [-0.3, -0.25) is 0 Å². The molecule has 1 heterocycles. The molecule has 0 aromatic heterocycles. The second-order valence-corrected chi connectivity index (χ2v) is 3.86. The van der Waals surface area contributed by atoms with Crippen molar-refractivity contribution in [3.05, 3.63) is 21.6 Å². The number of fused-ring (bicyclic) bond motifs is 1. The van der Waals surface area contributed by atoms with E-state index in [0.29, 0.717) is 11.6 Å². The highest BCUT2D eigenvalue weighted by Gasteiger charge is 2.13. The van der Waals surface area contributed by atoms with E-state index in [2.05, 4.69) is 21.2 Å². The Morgan fingerprint density at radius 1 is 1.50 bits per heavy atom. The summed E-state index contributed by atoms with van der Waals surface area (Å²) in [6, 6.07) is 3.79. The van der Waals surface area contributed by atoms with Gasteiger partial charge in [-0.05, 0) is 12.1 Å². The Hall–Kier alpha value is -0.410. The first-order chi connectivity index (χ1) is 5.77. The van der Waals surface area contributed by atoms with Crippen LogP contribution in [0, 0.1) is 0 Å². The Kier molecular flexibility index (Phi) is 2.15. The third-order valence-electron chi connectivity index (χ3n) is 1.67. The van der Waals surface area contributed by atoms with Gasteiger partial charge >= 0.3 is 0 Å². The maximum atomic E-state index is 5.95. The molecule has 12 heavy (non-hydrogen) atoms. The summed E-state index contributed by atoms with van der Waals surface area (Å²) < 4.78 is 6.36. The fraction of sp³-hybridized carbons (Fsp3) is 0.250. The van der Waals surface area contributed by atoms with Crippen LogP contribution in [0.2, 0.25) is 5.02 Å². The highest BCUT2D eigenvalue weighted by molar-refractivity contribution is 9.10. The van der Waals surface area contributed by atoms with E-state index in [1.165, 1.54) is 0 Å². The predicted molar refractivity (Wildman–Crippen MR) is 53.1 cm³/mol. The van der Waals surface area contributed by atoms with Gasteiger partial charge in [-0.25, -0.2) is 0 Å². The lowest BCUT2D eigenvalue weighted by atomic mass is 10.2. The van der Waals surface area contributed by atoms with Crippen molar-refractivity contribution in [3.63, 3.8) is 0 Å². The highest BCUT2D eigenvalue weighted by atomic mass is 79.9. The van der Waals surface area contributed by atoms with Crippen LogP contribution in [0.1, 0.15) is 0 Å². The van der Waals surface area contributed by atoms with Crippen LogP contribution in [0.4, 0.5) is 5.69 Å². The van der Waals surface area contributed by atoms with Crippen LogP contribution in [-0.2, 0) is 0 Å². The van der Waals surface area contributed by atoms with E-state index < -0.39 is 0 Å². The van der Waals surface area contributed by atoms with Crippen molar-refractivity contribution >= 4 is 33.2 Å². The van der Waals surface area contributed by atoms with Gasteiger partial charge in [0.1, 0.15) is 6.61 Å². The lowest BCUT2D eigenvalue weighted by Crippen LogP contribution is -2.18. The number of anilines is 1. The number of halogens is 2. The van der Waals surface area contributed by atoms with E-state index >= 15 is 0 Å². The fourth-order valence-corrected chi connectivity index (χ4v) is 2.04. The summed E-state index contributed by atoms with van der Waals surface area (Å²) >= 11 is 9.31. The average molecular weight is 249 g/mol. The Morgan fingerprint density at radius 2 is 2.33 bits per heavy atom. The molecule has 0 bridgehead atoms. The molecule has 0 saturated heterocycles. The number of ether oxygens (including phenoxy) is 1. The molecule has 1 aliphatic heterocycles. The third kappa shape index (κ3) is 1.39. The summed E-state index contributed by atoms with van der Waals surface area (Å²) in [6.07, 6.45) is 0. The van der Waals surface area contributed by atoms with Crippen LogP contribution in [0.3, 0.4) is 0 Å². The minimum atomic E-state index is 0.645. The molecule has 64 valence electrons. The maximum absolute atomic E-state index is 5.95. The first kappa shape index (κ1) is 8.20. The van der Waals surface area contributed by atoms with Crippen molar-refractivity contribution in [2.45, 2.75) is 0 Å². The molecule has 1 aromatic rings. The molecule has 0 spiro atoms. The van der Waals surface area contributed by atoms with Crippen LogP contribution in [-0.4, -0.2) is 13.2 Å². The van der Waals surface area contributed by atoms with Gasteiger partial charge in [0.2, 0.25) is 0 Å². The van der Waals surface area contributed by atoms with E-state index in [4.69, 9.17) is 16.3 Å². The number of hydrogen-bond acceptors (Lipinski definition) is 2. The van der Waals surface area contributed by atoms with Crippen molar-refractivity contribution in [1.29, 1.82) is 0 Å². The molecule has 0 radical (unpaired) electrons. The van der Waals surface area contributed by atoms with Gasteiger partial charge in [0.05, 0.1) is 10.7 Å². The smallest absolute Gasteiger partial charge is 0.161 e. The molecule has 1 aromatic carbocycles. The van der Waals surface area contributed by atoms with Gasteiger partial charge in [0.25, 0.3) is 0 Å². The lowest BCUT2D eigenvalue weighted by Gasteiger charge is -2.20. The molecule has 2 rings (SSSR count). The topological polar surface area (TPSA) is 21.3 Å². The van der Waals surface area contributed by atoms with Crippen molar-refractivity contribution in [1.82, 2.24) is 0 Å². The largest absolute Gasteiger partial charge is 0.488 e. The SMILES string of the molecule is Clc1cc(Br)cc2c1OCCN2. The number of hydrogen-bond donors (Lipinski definition) is 1. The second-order valence-electron chi connectivity index (χ2n) is 2.54. The molecular weight excluding hydrogens is 241 g/mol. The molecule has 1 aliphatic rings. The van der Waals surface area contributed by atoms with Crippen LogP contribution in [0.5, 0.6) is 5.75 Å². The molecule has 0 fully saturated rings. The number of benzene rings is 1. The number of nitrogens with one attached hydrogen (secondary N) is 1. The molecule has 0 aliphatic carbocycles. The summed E-state index contributed by atoms with van der Waals surface area (Å²) in [5.41, 5.74) is 0.959. The van der Waals surface area contributed by atoms with Gasteiger partial charge in [0, 0.05) is 11.0 Å². The van der Waals surface area contributed by atoms with Crippen LogP contribution >= 0.6 is 27.5 Å². The molecule has 2 nitrogen and oxygen atoms in total.